The highest BCUT2D eigenvalue weighted by atomic mass is 35.5. The van der Waals surface area contributed by atoms with Crippen molar-refractivity contribution < 1.29 is 4.79 Å². The average molecular weight is 369 g/mol. The average Bonchev–Trinajstić information content (AvgIpc) is 2.55. The summed E-state index contributed by atoms with van der Waals surface area (Å²) in [6, 6.07) is 7.92. The van der Waals surface area contributed by atoms with Gasteiger partial charge in [-0.1, -0.05) is 23.7 Å². The Labute approximate surface area is 149 Å². The van der Waals surface area contributed by atoms with Crippen LogP contribution in [0.4, 0.5) is 0 Å². The standard InChI is InChI=1S/C16H23BClN2OPS/c1-20-9-7-14(12-3-5-13(18)6-4-12)15(11-20)16(21)19-8-10-23(2)22-17/h3-6,14-15H,7-11H2,1-2H3,(H,19,21)/t14?,15-,23?/m1/s1. The lowest BCUT2D eigenvalue weighted by molar-refractivity contribution is -0.127. The van der Waals surface area contributed by atoms with Crippen molar-refractivity contribution in [2.24, 2.45) is 5.92 Å². The van der Waals surface area contributed by atoms with E-state index in [-0.39, 0.29) is 27.8 Å². The van der Waals surface area contributed by atoms with E-state index in [0.717, 1.165) is 37.5 Å². The van der Waals surface area contributed by atoms with E-state index < -0.39 is 0 Å². The van der Waals surface area contributed by atoms with E-state index in [4.69, 9.17) is 19.2 Å². The van der Waals surface area contributed by atoms with Crippen LogP contribution in [0.15, 0.2) is 24.3 Å². The van der Waals surface area contributed by atoms with Gasteiger partial charge in [-0.25, -0.2) is 0 Å². The second-order valence-corrected chi connectivity index (χ2v) is 10.8. The third-order valence-corrected chi connectivity index (χ3v) is 7.36. The number of likely N-dealkylation sites (tertiary alicyclic amines) is 1. The SMILES string of the molecule is [B]P=S(C)CCNC(=O)[C@@H]1CN(C)CCC1c1ccc(Cl)cc1. The van der Waals surface area contributed by atoms with Gasteiger partial charge in [0, 0.05) is 23.9 Å². The number of hydrogen-bond donors (Lipinski definition) is 1. The molecule has 23 heavy (non-hydrogen) atoms. The van der Waals surface area contributed by atoms with Crippen LogP contribution in [-0.4, -0.2) is 57.1 Å². The molecule has 2 unspecified atom stereocenters. The lowest BCUT2D eigenvalue weighted by Gasteiger charge is -2.36. The maximum atomic E-state index is 12.7. The molecule has 1 aromatic rings. The Morgan fingerprint density at radius 1 is 1.48 bits per heavy atom. The molecular weight excluding hydrogens is 345 g/mol. The number of piperidine rings is 1. The predicted molar refractivity (Wildman–Crippen MR) is 104 cm³/mol. The highest BCUT2D eigenvalue weighted by Gasteiger charge is 2.33. The molecule has 124 valence electrons. The van der Waals surface area contributed by atoms with Crippen LogP contribution < -0.4 is 5.32 Å². The summed E-state index contributed by atoms with van der Waals surface area (Å²) >= 11 is 5.99. The summed E-state index contributed by atoms with van der Waals surface area (Å²) in [5.74, 6) is 1.35. The Kier molecular flexibility index (Phi) is 7.61. The fourth-order valence-corrected chi connectivity index (χ4v) is 4.21. The monoisotopic (exact) mass is 368 g/mol. The Hall–Kier alpha value is -0.345. The van der Waals surface area contributed by atoms with Crippen LogP contribution in [0.25, 0.3) is 0 Å². The zero-order valence-corrected chi connectivity index (χ0v) is 16.1. The highest BCUT2D eigenvalue weighted by Crippen LogP contribution is 2.33. The molecule has 7 heteroatoms. The topological polar surface area (TPSA) is 32.3 Å². The van der Waals surface area contributed by atoms with Gasteiger partial charge >= 0.3 is 0 Å². The van der Waals surface area contributed by atoms with Crippen LogP contribution in [0, 0.1) is 5.92 Å². The Morgan fingerprint density at radius 2 is 2.17 bits per heavy atom. The summed E-state index contributed by atoms with van der Waals surface area (Å²) in [5.41, 5.74) is 1.21. The largest absolute Gasteiger partial charge is 0.355 e. The minimum absolute atomic E-state index is 0.0102. The Bertz CT molecular complexity index is 570. The molecule has 2 rings (SSSR count). The first-order chi connectivity index (χ1) is 11.0. The van der Waals surface area contributed by atoms with Crippen molar-refractivity contribution in [3.63, 3.8) is 0 Å². The molecule has 1 heterocycles. The van der Waals surface area contributed by atoms with Crippen molar-refractivity contribution in [3.8, 4) is 0 Å². The molecule has 0 aliphatic carbocycles. The van der Waals surface area contributed by atoms with E-state index >= 15 is 0 Å². The molecule has 0 saturated carbocycles. The predicted octanol–water partition coefficient (Wildman–Crippen LogP) is 2.68. The number of carbonyl (C=O) groups is 1. The number of halogens is 1. The molecule has 1 aromatic carbocycles. The molecule has 1 aliphatic rings. The van der Waals surface area contributed by atoms with E-state index in [1.54, 1.807) is 0 Å². The van der Waals surface area contributed by atoms with Crippen molar-refractivity contribution in [2.75, 3.05) is 38.7 Å². The Balaban J connectivity index is 2.04. The van der Waals surface area contributed by atoms with Crippen LogP contribution in [0.2, 0.25) is 5.02 Å². The molecule has 0 spiro atoms. The second-order valence-electron chi connectivity index (χ2n) is 6.02. The van der Waals surface area contributed by atoms with E-state index in [9.17, 15) is 4.79 Å². The van der Waals surface area contributed by atoms with E-state index in [1.807, 2.05) is 12.1 Å². The Morgan fingerprint density at radius 3 is 2.83 bits per heavy atom. The smallest absolute Gasteiger partial charge is 0.225 e. The minimum atomic E-state index is -0.0102. The maximum Gasteiger partial charge on any atom is 0.225 e. The lowest BCUT2D eigenvalue weighted by Crippen LogP contribution is -2.45. The summed E-state index contributed by atoms with van der Waals surface area (Å²) in [6.07, 6.45) is 3.12. The van der Waals surface area contributed by atoms with Crippen LogP contribution in [0.5, 0.6) is 0 Å². The molecule has 1 fully saturated rings. The number of amides is 1. The van der Waals surface area contributed by atoms with Crippen molar-refractivity contribution in [1.29, 1.82) is 0 Å². The van der Waals surface area contributed by atoms with E-state index in [1.165, 1.54) is 5.56 Å². The van der Waals surface area contributed by atoms with Gasteiger partial charge in [0.05, 0.1) is 5.92 Å². The van der Waals surface area contributed by atoms with Crippen LogP contribution in [0.1, 0.15) is 17.9 Å². The first kappa shape index (κ1) is 19.0. The third kappa shape index (κ3) is 5.60. The quantitative estimate of drug-likeness (QED) is 0.640. The number of nitrogens with one attached hydrogen (secondary N) is 1. The molecule has 2 radical (unpaired) electrons. The molecule has 0 bridgehead atoms. The normalized spacial score (nSPS) is 23.6. The molecule has 1 amide bonds. The summed E-state index contributed by atoms with van der Waals surface area (Å²) in [5, 5.41) is 3.84. The van der Waals surface area contributed by atoms with Gasteiger partial charge in [0.2, 0.25) is 5.91 Å². The van der Waals surface area contributed by atoms with E-state index in [0.29, 0.717) is 6.54 Å². The maximum absolute atomic E-state index is 12.7. The molecule has 3 atom stereocenters. The van der Waals surface area contributed by atoms with Crippen LogP contribution in [-0.2, 0) is 14.9 Å². The molecule has 3 nitrogen and oxygen atoms in total. The van der Waals surface area contributed by atoms with E-state index in [2.05, 4.69) is 35.7 Å². The summed E-state index contributed by atoms with van der Waals surface area (Å²) in [7, 11) is 8.77. The van der Waals surface area contributed by atoms with Crippen molar-refractivity contribution in [1.82, 2.24) is 10.2 Å². The van der Waals surface area contributed by atoms with Gasteiger partial charge in [-0.2, -0.15) is 10.1 Å². The van der Waals surface area contributed by atoms with Gasteiger partial charge in [0.1, 0.15) is 0 Å². The van der Waals surface area contributed by atoms with Gasteiger partial charge in [-0.3, -0.25) is 4.79 Å². The number of carbonyl (C=O) groups excluding carboxylic acids is 1. The number of nitrogens with zero attached hydrogens (tertiary/aromatic N) is 1. The van der Waals surface area contributed by atoms with Crippen molar-refractivity contribution in [3.05, 3.63) is 34.9 Å². The fourth-order valence-electron chi connectivity index (χ4n) is 3.00. The van der Waals surface area contributed by atoms with Gasteiger partial charge in [-0.05, 0) is 49.9 Å². The van der Waals surface area contributed by atoms with Gasteiger partial charge in [0.25, 0.3) is 0 Å². The first-order valence-corrected chi connectivity index (χ1v) is 11.5. The lowest BCUT2D eigenvalue weighted by atomic mass is 9.80. The van der Waals surface area contributed by atoms with Crippen molar-refractivity contribution in [2.45, 2.75) is 12.3 Å². The summed E-state index contributed by atoms with van der Waals surface area (Å²) in [6.45, 7) is 2.52. The molecule has 1 saturated heterocycles. The number of benzene rings is 1. The van der Waals surface area contributed by atoms with Gasteiger partial charge in [0.15, 0.2) is 7.57 Å². The summed E-state index contributed by atoms with van der Waals surface area (Å²) < 4.78 is 0. The van der Waals surface area contributed by atoms with Gasteiger partial charge in [-0.15, -0.1) is 7.23 Å². The fraction of sp³-hybridized carbons (Fsp3) is 0.562. The zero-order valence-electron chi connectivity index (χ0n) is 13.7. The van der Waals surface area contributed by atoms with Gasteiger partial charge < -0.3 is 10.2 Å². The minimum Gasteiger partial charge on any atom is -0.355 e. The van der Waals surface area contributed by atoms with Crippen LogP contribution >= 0.6 is 18.8 Å². The zero-order chi connectivity index (χ0) is 16.8. The number of hydrogen-bond acceptors (Lipinski definition) is 2. The molecule has 1 N–H and O–H groups in total. The summed E-state index contributed by atoms with van der Waals surface area (Å²) in [4.78, 5) is 14.9. The highest BCUT2D eigenvalue weighted by molar-refractivity contribution is 8.26. The molecule has 0 aromatic heterocycles. The van der Waals surface area contributed by atoms with Crippen molar-refractivity contribution >= 4 is 42.4 Å². The first-order valence-electron chi connectivity index (χ1n) is 7.76. The molecular formula is C16H23BClN2OPS. The number of rotatable bonds is 5. The van der Waals surface area contributed by atoms with Crippen LogP contribution in [0.3, 0.4) is 0 Å². The third-order valence-electron chi connectivity index (χ3n) is 4.33. The molecule has 1 aliphatic heterocycles. The second kappa shape index (κ2) is 9.22.